The van der Waals surface area contributed by atoms with E-state index in [4.69, 9.17) is 0 Å². The second-order valence-corrected chi connectivity index (χ2v) is 6.54. The molecule has 7 nitrogen and oxygen atoms in total. The smallest absolute Gasteiger partial charge is 0.277 e. The molecule has 136 valence electrons. The molecule has 0 aliphatic rings. The third-order valence-electron chi connectivity index (χ3n) is 4.49. The first-order valence-electron chi connectivity index (χ1n) is 8.78. The molecule has 0 aliphatic carbocycles. The van der Waals surface area contributed by atoms with Crippen molar-refractivity contribution in [3.8, 4) is 0 Å². The van der Waals surface area contributed by atoms with Crippen LogP contribution in [-0.4, -0.2) is 25.9 Å². The molecule has 0 saturated heterocycles. The predicted molar refractivity (Wildman–Crippen MR) is 103 cm³/mol. The van der Waals surface area contributed by atoms with Gasteiger partial charge in [-0.15, -0.1) is 5.10 Å². The lowest BCUT2D eigenvalue weighted by molar-refractivity contribution is -0.121. The summed E-state index contributed by atoms with van der Waals surface area (Å²) < 4.78 is 1.23. The Hall–Kier alpha value is -3.48. The minimum absolute atomic E-state index is 0.137. The fourth-order valence-electron chi connectivity index (χ4n) is 3.10. The molecule has 0 unspecified atom stereocenters. The number of hydrogen-bond acceptors (Lipinski definition) is 4. The summed E-state index contributed by atoms with van der Waals surface area (Å²) in [6.45, 7) is 2.65. The summed E-state index contributed by atoms with van der Waals surface area (Å²) in [4.78, 5) is 27.8. The van der Waals surface area contributed by atoms with Crippen LogP contribution in [0.1, 0.15) is 17.7 Å². The van der Waals surface area contributed by atoms with Crippen molar-refractivity contribution in [2.45, 2.75) is 26.4 Å². The molecule has 0 bridgehead atoms. The maximum Gasteiger partial charge on any atom is 0.277 e. The molecule has 1 amide bonds. The number of aromatic amines is 1. The van der Waals surface area contributed by atoms with Crippen LogP contribution in [0.5, 0.6) is 0 Å². The molecule has 7 heteroatoms. The molecule has 2 heterocycles. The number of fused-ring (bicyclic) bond motifs is 2. The zero-order valence-electron chi connectivity index (χ0n) is 14.9. The molecule has 0 radical (unpaired) electrons. The topological polar surface area (TPSA) is 92.7 Å². The van der Waals surface area contributed by atoms with Gasteiger partial charge < -0.3 is 10.3 Å². The molecule has 2 aromatic heterocycles. The van der Waals surface area contributed by atoms with E-state index < -0.39 is 0 Å². The predicted octanol–water partition coefficient (Wildman–Crippen LogP) is 2.29. The summed E-state index contributed by atoms with van der Waals surface area (Å²) in [7, 11) is 0. The van der Waals surface area contributed by atoms with E-state index in [-0.39, 0.29) is 24.4 Å². The summed E-state index contributed by atoms with van der Waals surface area (Å²) >= 11 is 0. The van der Waals surface area contributed by atoms with Crippen LogP contribution in [0.4, 0.5) is 0 Å². The molecular weight excluding hydrogens is 342 g/mol. The number of hydrogen-bond donors (Lipinski definition) is 2. The van der Waals surface area contributed by atoms with Gasteiger partial charge in [-0.05, 0) is 48.2 Å². The molecule has 2 N–H and O–H groups in total. The van der Waals surface area contributed by atoms with Gasteiger partial charge in [0.05, 0.1) is 11.9 Å². The highest BCUT2D eigenvalue weighted by Gasteiger charge is 2.08. The fourth-order valence-corrected chi connectivity index (χ4v) is 3.10. The van der Waals surface area contributed by atoms with Crippen LogP contribution in [0.3, 0.4) is 0 Å². The zero-order valence-corrected chi connectivity index (χ0v) is 14.9. The second-order valence-electron chi connectivity index (χ2n) is 6.54. The SMILES string of the molecule is Cc1cc2cc(CNC(=O)CCn3nnc4ccccc4c3=O)ccc2[nH]1. The van der Waals surface area contributed by atoms with Crippen LogP contribution in [0.2, 0.25) is 0 Å². The van der Waals surface area contributed by atoms with Crippen molar-refractivity contribution in [2.24, 2.45) is 0 Å². The molecule has 0 spiro atoms. The van der Waals surface area contributed by atoms with Crippen molar-refractivity contribution >= 4 is 27.7 Å². The van der Waals surface area contributed by atoms with Crippen molar-refractivity contribution in [1.29, 1.82) is 0 Å². The molecule has 2 aromatic carbocycles. The standard InChI is InChI=1S/C20H19N5O2/c1-13-10-15-11-14(6-7-17(15)22-13)12-21-19(26)8-9-25-20(27)16-4-2-3-5-18(16)23-24-25/h2-7,10-11,22H,8-9,12H2,1H3,(H,21,26). The average Bonchev–Trinajstić information content (AvgIpc) is 3.05. The Morgan fingerprint density at radius 3 is 2.93 bits per heavy atom. The molecule has 27 heavy (non-hydrogen) atoms. The van der Waals surface area contributed by atoms with E-state index in [2.05, 4.69) is 32.7 Å². The minimum Gasteiger partial charge on any atom is -0.359 e. The Balaban J connectivity index is 1.38. The quantitative estimate of drug-likeness (QED) is 0.570. The van der Waals surface area contributed by atoms with Gasteiger partial charge in [0.25, 0.3) is 5.56 Å². The number of aryl methyl sites for hydroxylation is 2. The lowest BCUT2D eigenvalue weighted by atomic mass is 10.1. The third-order valence-corrected chi connectivity index (χ3v) is 4.49. The maximum atomic E-state index is 12.4. The number of carbonyl (C=O) groups is 1. The summed E-state index contributed by atoms with van der Waals surface area (Å²) in [5, 5.41) is 12.4. The molecule has 0 saturated carbocycles. The summed E-state index contributed by atoms with van der Waals surface area (Å²) in [5.41, 5.74) is 3.53. The Kier molecular flexibility index (Phi) is 4.42. The molecule has 0 fully saturated rings. The van der Waals surface area contributed by atoms with Gasteiger partial charge in [-0.25, -0.2) is 4.68 Å². The lowest BCUT2D eigenvalue weighted by Crippen LogP contribution is -2.29. The minimum atomic E-state index is -0.235. The van der Waals surface area contributed by atoms with Gasteiger partial charge in [0.2, 0.25) is 5.91 Å². The largest absolute Gasteiger partial charge is 0.359 e. The molecule has 0 aliphatic heterocycles. The van der Waals surface area contributed by atoms with Crippen LogP contribution in [-0.2, 0) is 17.9 Å². The first-order chi connectivity index (χ1) is 13.1. The number of carbonyl (C=O) groups excluding carboxylic acids is 1. The van der Waals surface area contributed by atoms with E-state index in [1.54, 1.807) is 24.3 Å². The number of nitrogens with zero attached hydrogens (tertiary/aromatic N) is 3. The van der Waals surface area contributed by atoms with E-state index in [1.807, 2.05) is 19.1 Å². The molecule has 4 rings (SSSR count). The van der Waals surface area contributed by atoms with Gasteiger partial charge in [-0.3, -0.25) is 9.59 Å². The normalized spacial score (nSPS) is 11.1. The second kappa shape index (κ2) is 7.03. The lowest BCUT2D eigenvalue weighted by Gasteiger charge is -2.07. The highest BCUT2D eigenvalue weighted by atomic mass is 16.2. The first kappa shape index (κ1) is 17.0. The summed E-state index contributed by atoms with van der Waals surface area (Å²) in [6.07, 6.45) is 0.165. The highest BCUT2D eigenvalue weighted by molar-refractivity contribution is 5.81. The summed E-state index contributed by atoms with van der Waals surface area (Å²) in [5.74, 6) is -0.137. The first-order valence-corrected chi connectivity index (χ1v) is 8.78. The maximum absolute atomic E-state index is 12.4. The Morgan fingerprint density at radius 1 is 1.19 bits per heavy atom. The van der Waals surface area contributed by atoms with Crippen LogP contribution < -0.4 is 10.9 Å². The highest BCUT2D eigenvalue weighted by Crippen LogP contribution is 2.16. The Labute approximate surface area is 155 Å². The Bertz CT molecular complexity index is 1190. The molecule has 4 aromatic rings. The van der Waals surface area contributed by atoms with Crippen LogP contribution in [0.25, 0.3) is 21.8 Å². The number of amides is 1. The van der Waals surface area contributed by atoms with Crippen LogP contribution in [0, 0.1) is 6.92 Å². The van der Waals surface area contributed by atoms with E-state index in [0.717, 1.165) is 22.2 Å². The fraction of sp³-hybridized carbons (Fsp3) is 0.200. The van der Waals surface area contributed by atoms with Crippen molar-refractivity contribution in [3.63, 3.8) is 0 Å². The number of benzene rings is 2. The summed E-state index contributed by atoms with van der Waals surface area (Å²) in [6, 6.07) is 15.2. The average molecular weight is 361 g/mol. The van der Waals surface area contributed by atoms with Gasteiger partial charge in [-0.1, -0.05) is 23.4 Å². The molecular formula is C20H19N5O2. The van der Waals surface area contributed by atoms with E-state index in [0.29, 0.717) is 17.4 Å². The van der Waals surface area contributed by atoms with Crippen LogP contribution in [0.15, 0.2) is 53.3 Å². The van der Waals surface area contributed by atoms with Gasteiger partial charge >= 0.3 is 0 Å². The monoisotopic (exact) mass is 361 g/mol. The van der Waals surface area contributed by atoms with Crippen molar-refractivity contribution in [3.05, 3.63) is 70.1 Å². The third kappa shape index (κ3) is 3.57. The van der Waals surface area contributed by atoms with E-state index >= 15 is 0 Å². The number of rotatable bonds is 5. The molecule has 0 atom stereocenters. The number of aromatic nitrogens is 4. The van der Waals surface area contributed by atoms with Gasteiger partial charge in [0.15, 0.2) is 0 Å². The van der Waals surface area contributed by atoms with Gasteiger partial charge in [-0.2, -0.15) is 0 Å². The van der Waals surface area contributed by atoms with Crippen molar-refractivity contribution in [1.82, 2.24) is 25.3 Å². The Morgan fingerprint density at radius 2 is 2.04 bits per heavy atom. The van der Waals surface area contributed by atoms with Crippen molar-refractivity contribution in [2.75, 3.05) is 0 Å². The zero-order chi connectivity index (χ0) is 18.8. The number of H-pyrrole nitrogens is 1. The van der Waals surface area contributed by atoms with E-state index in [1.165, 1.54) is 4.68 Å². The van der Waals surface area contributed by atoms with Gasteiger partial charge in [0, 0.05) is 24.2 Å². The van der Waals surface area contributed by atoms with E-state index in [9.17, 15) is 9.59 Å². The van der Waals surface area contributed by atoms with Gasteiger partial charge in [0.1, 0.15) is 5.52 Å². The van der Waals surface area contributed by atoms with Crippen molar-refractivity contribution < 1.29 is 4.79 Å². The number of nitrogens with one attached hydrogen (secondary N) is 2. The van der Waals surface area contributed by atoms with Crippen LogP contribution >= 0.6 is 0 Å².